The van der Waals surface area contributed by atoms with E-state index in [0.29, 0.717) is 0 Å². The lowest BCUT2D eigenvalue weighted by Gasteiger charge is -2.27. The van der Waals surface area contributed by atoms with Crippen molar-refractivity contribution >= 4 is 0 Å². The van der Waals surface area contributed by atoms with Crippen molar-refractivity contribution in [1.82, 2.24) is 10.4 Å². The lowest BCUT2D eigenvalue weighted by atomic mass is 9.83. The molecule has 4 unspecified atom stereocenters. The van der Waals surface area contributed by atoms with Gasteiger partial charge in [0.05, 0.1) is 0 Å². The van der Waals surface area contributed by atoms with E-state index in [4.69, 9.17) is 5.84 Å². The number of pyridine rings is 1. The van der Waals surface area contributed by atoms with Gasteiger partial charge in [0.2, 0.25) is 0 Å². The Labute approximate surface area is 109 Å². The van der Waals surface area contributed by atoms with Gasteiger partial charge in [-0.25, -0.2) is 0 Å². The molecule has 1 heterocycles. The molecule has 4 atom stereocenters. The Hall–Kier alpha value is -0.930. The van der Waals surface area contributed by atoms with Gasteiger partial charge in [-0.1, -0.05) is 12.5 Å². The van der Waals surface area contributed by atoms with E-state index in [-0.39, 0.29) is 6.04 Å². The molecule has 3 heteroatoms. The van der Waals surface area contributed by atoms with Crippen molar-refractivity contribution in [3.8, 4) is 0 Å². The van der Waals surface area contributed by atoms with Crippen LogP contribution in [0.1, 0.15) is 49.4 Å². The van der Waals surface area contributed by atoms with E-state index in [0.717, 1.165) is 23.4 Å². The number of aromatic nitrogens is 1. The van der Waals surface area contributed by atoms with Crippen molar-refractivity contribution in [2.75, 3.05) is 0 Å². The maximum atomic E-state index is 5.77. The number of rotatable bonds is 4. The highest BCUT2D eigenvalue weighted by Gasteiger charge is 2.40. The molecule has 3 rings (SSSR count). The largest absolute Gasteiger partial charge is 0.271 e. The van der Waals surface area contributed by atoms with Crippen LogP contribution in [0.2, 0.25) is 0 Å². The van der Waals surface area contributed by atoms with Crippen molar-refractivity contribution < 1.29 is 0 Å². The van der Waals surface area contributed by atoms with Gasteiger partial charge >= 0.3 is 0 Å². The number of aryl methyl sites for hydroxylation is 1. The normalized spacial score (nSPS) is 31.8. The predicted octanol–water partition coefficient (Wildman–Crippen LogP) is 2.72. The summed E-state index contributed by atoms with van der Waals surface area (Å²) in [6, 6.07) is 4.43. The molecule has 0 spiro atoms. The van der Waals surface area contributed by atoms with Crippen molar-refractivity contribution in [3.63, 3.8) is 0 Å². The van der Waals surface area contributed by atoms with Gasteiger partial charge in [0.1, 0.15) is 0 Å². The molecule has 0 aliphatic heterocycles. The smallest absolute Gasteiger partial charge is 0.0480 e. The van der Waals surface area contributed by atoms with Crippen LogP contribution >= 0.6 is 0 Å². The number of nitrogens with zero attached hydrogens (tertiary/aromatic N) is 1. The number of hydrogen-bond donors (Lipinski definition) is 2. The van der Waals surface area contributed by atoms with E-state index in [1.54, 1.807) is 0 Å². The average molecular weight is 245 g/mol. The first kappa shape index (κ1) is 12.1. The highest BCUT2D eigenvalue weighted by molar-refractivity contribution is 5.22. The number of fused-ring (bicyclic) bond motifs is 2. The fraction of sp³-hybridized carbons (Fsp3) is 0.667. The van der Waals surface area contributed by atoms with Crippen LogP contribution in [-0.2, 0) is 0 Å². The summed E-state index contributed by atoms with van der Waals surface area (Å²) in [5.74, 6) is 8.61. The Morgan fingerprint density at radius 3 is 2.94 bits per heavy atom. The van der Waals surface area contributed by atoms with Crippen LogP contribution in [0.5, 0.6) is 0 Å². The molecule has 98 valence electrons. The molecule has 0 aromatic carbocycles. The van der Waals surface area contributed by atoms with Gasteiger partial charge in [0.25, 0.3) is 0 Å². The molecule has 1 aromatic heterocycles. The van der Waals surface area contributed by atoms with E-state index in [1.807, 2.05) is 12.3 Å². The molecule has 2 saturated carbocycles. The lowest BCUT2D eigenvalue weighted by Crippen LogP contribution is -2.31. The number of nitrogens with two attached hydrogens (primary N) is 1. The molecular weight excluding hydrogens is 222 g/mol. The average Bonchev–Trinajstić information content (AvgIpc) is 2.99. The van der Waals surface area contributed by atoms with Crippen LogP contribution in [0.25, 0.3) is 0 Å². The molecule has 2 bridgehead atoms. The van der Waals surface area contributed by atoms with Crippen molar-refractivity contribution in [2.45, 2.75) is 45.1 Å². The summed E-state index contributed by atoms with van der Waals surface area (Å²) in [5, 5.41) is 0. The Balaban J connectivity index is 1.72. The van der Waals surface area contributed by atoms with Crippen LogP contribution in [0.4, 0.5) is 0 Å². The predicted molar refractivity (Wildman–Crippen MR) is 72.6 cm³/mol. The van der Waals surface area contributed by atoms with Gasteiger partial charge < -0.3 is 0 Å². The zero-order valence-corrected chi connectivity index (χ0v) is 11.1. The lowest BCUT2D eigenvalue weighted by molar-refractivity contribution is 0.279. The standard InChI is InChI=1S/C15H23N3/c1-10-14(3-2-6-17-10)15(18-16)9-13-8-11-4-5-12(13)7-11/h2-3,6,11-13,15,18H,4-5,7-9,16H2,1H3. The third-order valence-electron chi connectivity index (χ3n) is 5.05. The minimum absolute atomic E-state index is 0.267. The Bertz CT molecular complexity index is 418. The molecule has 2 aliphatic carbocycles. The topological polar surface area (TPSA) is 50.9 Å². The van der Waals surface area contributed by atoms with Crippen LogP contribution in [0, 0.1) is 24.7 Å². The molecule has 1 aromatic rings. The van der Waals surface area contributed by atoms with Crippen LogP contribution in [0.15, 0.2) is 18.3 Å². The first-order valence-electron chi connectivity index (χ1n) is 7.15. The van der Waals surface area contributed by atoms with E-state index in [1.165, 1.54) is 37.7 Å². The van der Waals surface area contributed by atoms with Crippen molar-refractivity contribution in [1.29, 1.82) is 0 Å². The third kappa shape index (κ3) is 2.17. The summed E-state index contributed by atoms with van der Waals surface area (Å²) in [5.41, 5.74) is 5.37. The second kappa shape index (κ2) is 4.98. The summed E-state index contributed by atoms with van der Waals surface area (Å²) in [4.78, 5) is 4.37. The second-order valence-corrected chi connectivity index (χ2v) is 6.07. The van der Waals surface area contributed by atoms with Crippen LogP contribution < -0.4 is 11.3 Å². The van der Waals surface area contributed by atoms with E-state index in [2.05, 4.69) is 23.4 Å². The van der Waals surface area contributed by atoms with Gasteiger partial charge in [-0.3, -0.25) is 16.3 Å². The number of hydrogen-bond acceptors (Lipinski definition) is 3. The summed E-state index contributed by atoms with van der Waals surface area (Å²) >= 11 is 0. The molecule has 0 amide bonds. The fourth-order valence-corrected chi connectivity index (χ4v) is 4.12. The number of hydrazine groups is 1. The molecule has 2 aliphatic rings. The maximum absolute atomic E-state index is 5.77. The Morgan fingerprint density at radius 2 is 2.33 bits per heavy atom. The molecule has 2 fully saturated rings. The molecule has 3 nitrogen and oxygen atoms in total. The van der Waals surface area contributed by atoms with Gasteiger partial charge in [-0.05, 0) is 62.0 Å². The second-order valence-electron chi connectivity index (χ2n) is 6.07. The summed E-state index contributed by atoms with van der Waals surface area (Å²) in [6.07, 6.45) is 8.82. The third-order valence-corrected chi connectivity index (χ3v) is 5.05. The zero-order chi connectivity index (χ0) is 12.5. The number of nitrogens with one attached hydrogen (secondary N) is 1. The SMILES string of the molecule is Cc1ncccc1C(CC1CC2CCC1C2)NN. The monoisotopic (exact) mass is 245 g/mol. The Kier molecular flexibility index (Phi) is 3.35. The molecule has 0 saturated heterocycles. The van der Waals surface area contributed by atoms with Gasteiger partial charge in [0.15, 0.2) is 0 Å². The minimum atomic E-state index is 0.267. The summed E-state index contributed by atoms with van der Waals surface area (Å²) < 4.78 is 0. The van der Waals surface area contributed by atoms with E-state index < -0.39 is 0 Å². The first-order valence-corrected chi connectivity index (χ1v) is 7.15. The molecule has 18 heavy (non-hydrogen) atoms. The van der Waals surface area contributed by atoms with Gasteiger partial charge in [-0.15, -0.1) is 0 Å². The quantitative estimate of drug-likeness (QED) is 0.633. The van der Waals surface area contributed by atoms with Gasteiger partial charge in [-0.2, -0.15) is 0 Å². The van der Waals surface area contributed by atoms with Crippen LogP contribution in [-0.4, -0.2) is 4.98 Å². The molecule has 3 N–H and O–H groups in total. The summed E-state index contributed by atoms with van der Waals surface area (Å²) in [6.45, 7) is 2.07. The maximum Gasteiger partial charge on any atom is 0.0480 e. The van der Waals surface area contributed by atoms with Crippen LogP contribution in [0.3, 0.4) is 0 Å². The summed E-state index contributed by atoms with van der Waals surface area (Å²) in [7, 11) is 0. The minimum Gasteiger partial charge on any atom is -0.271 e. The first-order chi connectivity index (χ1) is 8.78. The van der Waals surface area contributed by atoms with E-state index >= 15 is 0 Å². The van der Waals surface area contributed by atoms with Crippen molar-refractivity contribution in [2.24, 2.45) is 23.6 Å². The van der Waals surface area contributed by atoms with E-state index in [9.17, 15) is 0 Å². The highest BCUT2D eigenvalue weighted by Crippen LogP contribution is 2.50. The highest BCUT2D eigenvalue weighted by atomic mass is 15.2. The van der Waals surface area contributed by atoms with Gasteiger partial charge in [0, 0.05) is 17.9 Å². The fourth-order valence-electron chi connectivity index (χ4n) is 4.12. The zero-order valence-electron chi connectivity index (χ0n) is 11.1. The van der Waals surface area contributed by atoms with Crippen molar-refractivity contribution in [3.05, 3.63) is 29.6 Å². The molecular formula is C15H23N3. The molecule has 0 radical (unpaired) electrons. The Morgan fingerprint density at radius 1 is 1.44 bits per heavy atom.